The first-order chi connectivity index (χ1) is 30.4. The van der Waals surface area contributed by atoms with Crippen molar-refractivity contribution < 1.29 is 39.6 Å². The fraction of sp³-hybridized carbons (Fsp3) is 0.855. The Morgan fingerprint density at radius 3 is 0.952 bits per heavy atom. The average molecular weight is 885 g/mol. The highest BCUT2D eigenvalue weighted by Gasteiger charge is 2.40. The maximum absolute atomic E-state index is 11.1. The largest absolute Gasteiger partial charge is 0.481 e. The van der Waals surface area contributed by atoms with Crippen molar-refractivity contribution in [3.8, 4) is 0 Å². The van der Waals surface area contributed by atoms with E-state index >= 15 is 0 Å². The smallest absolute Gasteiger partial charge is 0.307 e. The van der Waals surface area contributed by atoms with Gasteiger partial charge in [0.05, 0.1) is 24.7 Å². The predicted molar refractivity (Wildman–Crippen MR) is 259 cm³/mol. The lowest BCUT2D eigenvalue weighted by Gasteiger charge is -2.47. The standard InChI is InChI=1S/C55H96O8/c1-55(2,49-39-35-45(36-40-49)31-27-23-19-15-11-7-3-5-9-13-17-21-25-29-33-47(53(60)61)43-51(56)57)50-41-37-46(38-42-50)32-28-24-20-16-12-8-4-6-10-14-18-22-26-30-34-48(54(62)63)44-52(58)59/h25-26,29-30,45-50H,3-24,27-28,31-44H2,1-2H3,(H,56,57)(H,58,59)(H,60,61)(H,62,63)/b29-25+,30-26+. The summed E-state index contributed by atoms with van der Waals surface area (Å²) in [6, 6.07) is 0. The van der Waals surface area contributed by atoms with E-state index in [-0.39, 0.29) is 12.8 Å². The molecule has 63 heavy (non-hydrogen) atoms. The topological polar surface area (TPSA) is 149 Å². The van der Waals surface area contributed by atoms with Crippen molar-refractivity contribution in [1.29, 1.82) is 0 Å². The third kappa shape index (κ3) is 28.1. The number of carboxylic acid groups (broad SMARTS) is 4. The highest BCUT2D eigenvalue weighted by Crippen LogP contribution is 2.50. The van der Waals surface area contributed by atoms with Gasteiger partial charge >= 0.3 is 23.9 Å². The van der Waals surface area contributed by atoms with Gasteiger partial charge in [0.2, 0.25) is 0 Å². The third-order valence-electron chi connectivity index (χ3n) is 15.5. The molecule has 0 aromatic heterocycles. The fourth-order valence-corrected chi connectivity index (χ4v) is 11.0. The maximum atomic E-state index is 11.1. The minimum Gasteiger partial charge on any atom is -0.481 e. The molecule has 0 radical (unpaired) electrons. The number of rotatable bonds is 40. The van der Waals surface area contributed by atoms with Crippen LogP contribution < -0.4 is 0 Å². The average Bonchev–Trinajstić information content (AvgIpc) is 3.25. The Balaban J connectivity index is 1.36. The van der Waals surface area contributed by atoms with Gasteiger partial charge in [-0.05, 0) is 93.3 Å². The van der Waals surface area contributed by atoms with Crippen LogP contribution in [0.5, 0.6) is 0 Å². The lowest BCUT2D eigenvalue weighted by atomic mass is 9.59. The molecule has 0 aromatic rings. The maximum Gasteiger partial charge on any atom is 0.307 e. The van der Waals surface area contributed by atoms with Crippen molar-refractivity contribution in [2.75, 3.05) is 0 Å². The van der Waals surface area contributed by atoms with E-state index in [1.54, 1.807) is 0 Å². The molecule has 0 amide bonds. The van der Waals surface area contributed by atoms with Gasteiger partial charge in [-0.15, -0.1) is 0 Å². The number of aliphatic carboxylic acids is 4. The van der Waals surface area contributed by atoms with Crippen molar-refractivity contribution in [3.05, 3.63) is 24.3 Å². The molecular weight excluding hydrogens is 789 g/mol. The summed E-state index contributed by atoms with van der Waals surface area (Å²) in [5, 5.41) is 35.9. The van der Waals surface area contributed by atoms with Crippen molar-refractivity contribution in [2.24, 2.45) is 40.9 Å². The Morgan fingerprint density at radius 2 is 0.683 bits per heavy atom. The van der Waals surface area contributed by atoms with Gasteiger partial charge in [0.1, 0.15) is 0 Å². The molecule has 0 heterocycles. The molecule has 2 unspecified atom stereocenters. The fourth-order valence-electron chi connectivity index (χ4n) is 11.0. The van der Waals surface area contributed by atoms with E-state index in [4.69, 9.17) is 20.4 Å². The zero-order chi connectivity index (χ0) is 46.0. The van der Waals surface area contributed by atoms with Crippen molar-refractivity contribution in [2.45, 2.75) is 258 Å². The molecular formula is C55H96O8. The van der Waals surface area contributed by atoms with E-state index in [1.807, 2.05) is 24.3 Å². The van der Waals surface area contributed by atoms with Gasteiger partial charge in [-0.2, -0.15) is 0 Å². The van der Waals surface area contributed by atoms with Gasteiger partial charge in [0.15, 0.2) is 0 Å². The molecule has 0 aromatic carbocycles. The number of hydrogen-bond donors (Lipinski definition) is 4. The van der Waals surface area contributed by atoms with E-state index in [2.05, 4.69) is 13.8 Å². The van der Waals surface area contributed by atoms with E-state index < -0.39 is 35.7 Å². The van der Waals surface area contributed by atoms with Gasteiger partial charge in [-0.25, -0.2) is 0 Å². The predicted octanol–water partition coefficient (Wildman–Crippen LogP) is 16.0. The van der Waals surface area contributed by atoms with Crippen LogP contribution in [0.25, 0.3) is 0 Å². The summed E-state index contributed by atoms with van der Waals surface area (Å²) >= 11 is 0. The summed E-state index contributed by atoms with van der Waals surface area (Å²) in [6.45, 7) is 5.27. The molecule has 2 aliphatic rings. The van der Waals surface area contributed by atoms with Crippen LogP contribution in [0.2, 0.25) is 0 Å². The molecule has 4 N–H and O–H groups in total. The second-order valence-electron chi connectivity index (χ2n) is 20.9. The molecule has 364 valence electrons. The molecule has 2 rings (SSSR count). The minimum absolute atomic E-state index is 0.296. The minimum atomic E-state index is -1.06. The zero-order valence-electron chi connectivity index (χ0n) is 40.6. The summed E-state index contributed by atoms with van der Waals surface area (Å²) in [7, 11) is 0. The first-order valence-corrected chi connectivity index (χ1v) is 26.6. The van der Waals surface area contributed by atoms with Crippen LogP contribution >= 0.6 is 0 Å². The summed E-state index contributed by atoms with van der Waals surface area (Å²) in [5.41, 5.74) is 0.506. The molecule has 0 bridgehead atoms. The lowest BCUT2D eigenvalue weighted by molar-refractivity contribution is -0.148. The first kappa shape index (κ1) is 56.5. The van der Waals surface area contributed by atoms with Crippen LogP contribution in [0.1, 0.15) is 258 Å². The third-order valence-corrected chi connectivity index (χ3v) is 15.5. The van der Waals surface area contributed by atoms with Crippen molar-refractivity contribution >= 4 is 23.9 Å². The second-order valence-corrected chi connectivity index (χ2v) is 20.9. The molecule has 0 spiro atoms. The summed E-state index contributed by atoms with van der Waals surface area (Å²) < 4.78 is 0. The quantitative estimate of drug-likeness (QED) is 0.0351. The van der Waals surface area contributed by atoms with E-state index in [9.17, 15) is 19.2 Å². The second kappa shape index (κ2) is 35.6. The van der Waals surface area contributed by atoms with Crippen LogP contribution in [0.4, 0.5) is 0 Å². The number of carbonyl (C=O) groups is 4. The Labute approximate surface area is 385 Å². The van der Waals surface area contributed by atoms with Gasteiger partial charge in [0, 0.05) is 0 Å². The summed E-state index contributed by atoms with van der Waals surface area (Å²) in [5.74, 6) is -2.02. The molecule has 0 aliphatic heterocycles. The van der Waals surface area contributed by atoms with Gasteiger partial charge in [-0.3, -0.25) is 19.2 Å². The number of hydrogen-bond acceptors (Lipinski definition) is 4. The molecule has 8 nitrogen and oxygen atoms in total. The number of unbranched alkanes of at least 4 members (excludes halogenated alkanes) is 22. The normalized spacial score (nSPS) is 20.6. The number of carboxylic acids is 4. The Bertz CT molecular complexity index is 1160. The van der Waals surface area contributed by atoms with E-state index in [1.165, 1.54) is 193 Å². The van der Waals surface area contributed by atoms with Gasteiger partial charge in [-0.1, -0.05) is 205 Å². The van der Waals surface area contributed by atoms with E-state index in [0.29, 0.717) is 18.3 Å². The molecule has 2 saturated carbocycles. The lowest BCUT2D eigenvalue weighted by Crippen LogP contribution is -2.37. The van der Waals surface area contributed by atoms with Crippen LogP contribution in [-0.2, 0) is 19.2 Å². The number of allylic oxidation sites excluding steroid dienone is 4. The SMILES string of the molecule is CC(C)(C1CCC(CCCCCCCCCCCCC/C=C/CC(CC(=O)O)C(=O)O)CC1)C1CCC(CCCCCCCCCCCCC/C=C/CC(CC(=O)O)C(=O)O)CC1. The molecule has 2 fully saturated rings. The van der Waals surface area contributed by atoms with Crippen LogP contribution in [0.15, 0.2) is 24.3 Å². The summed E-state index contributed by atoms with van der Waals surface area (Å²) in [4.78, 5) is 43.8. The Hall–Kier alpha value is -2.64. The highest BCUT2D eigenvalue weighted by molar-refractivity contribution is 5.78. The monoisotopic (exact) mass is 885 g/mol. The molecule has 0 saturated heterocycles. The highest BCUT2D eigenvalue weighted by atomic mass is 16.4. The summed E-state index contributed by atoms with van der Waals surface area (Å²) in [6.07, 6.45) is 53.4. The van der Waals surface area contributed by atoms with Gasteiger partial charge < -0.3 is 20.4 Å². The van der Waals surface area contributed by atoms with Gasteiger partial charge in [0.25, 0.3) is 0 Å². The van der Waals surface area contributed by atoms with Crippen molar-refractivity contribution in [1.82, 2.24) is 0 Å². The molecule has 2 atom stereocenters. The van der Waals surface area contributed by atoms with Crippen LogP contribution in [-0.4, -0.2) is 44.3 Å². The van der Waals surface area contributed by atoms with Crippen LogP contribution in [0.3, 0.4) is 0 Å². The van der Waals surface area contributed by atoms with Crippen molar-refractivity contribution in [3.63, 3.8) is 0 Å². The first-order valence-electron chi connectivity index (χ1n) is 26.6. The Kier molecular flexibility index (Phi) is 31.9. The Morgan fingerprint density at radius 1 is 0.413 bits per heavy atom. The van der Waals surface area contributed by atoms with Crippen LogP contribution in [0, 0.1) is 40.9 Å². The molecule has 8 heteroatoms. The van der Waals surface area contributed by atoms with E-state index in [0.717, 1.165) is 49.4 Å². The zero-order valence-corrected chi connectivity index (χ0v) is 40.6. The molecule has 2 aliphatic carbocycles.